The third kappa shape index (κ3) is 5.20. The lowest BCUT2D eigenvalue weighted by molar-refractivity contribution is 0.306. The van der Waals surface area contributed by atoms with E-state index in [2.05, 4.69) is 109 Å². The van der Waals surface area contributed by atoms with Crippen LogP contribution in [0, 0.1) is 5.92 Å². The molecule has 0 amide bonds. The van der Waals surface area contributed by atoms with E-state index in [1.54, 1.807) is 0 Å². The standard InChI is InChI=1S/C35H35NO/c1-26-19-21-36(22-20-26)31-14-8-13-30(23-31)35-33(28-11-6-3-7-12-28)17-15-29-24-32(16-18-34(29)35)37-25-27-9-4-2-5-10-27/h2-14,16,18,23-24,26H,15,17,19-22,25H2,1H3. The molecule has 0 radical (unpaired) electrons. The summed E-state index contributed by atoms with van der Waals surface area (Å²) in [5, 5.41) is 0. The molecule has 0 saturated carbocycles. The van der Waals surface area contributed by atoms with Gasteiger partial charge in [0.25, 0.3) is 0 Å². The molecule has 4 aromatic rings. The Labute approximate surface area is 221 Å². The number of aryl methyl sites for hydroxylation is 1. The third-order valence-electron chi connectivity index (χ3n) is 7.95. The fourth-order valence-corrected chi connectivity index (χ4v) is 5.78. The number of hydrogen-bond acceptors (Lipinski definition) is 2. The van der Waals surface area contributed by atoms with Crippen LogP contribution in [0.5, 0.6) is 5.75 Å². The van der Waals surface area contributed by atoms with Crippen LogP contribution in [-0.2, 0) is 13.0 Å². The first-order valence-electron chi connectivity index (χ1n) is 13.7. The van der Waals surface area contributed by atoms with E-state index >= 15 is 0 Å². The topological polar surface area (TPSA) is 12.5 Å². The van der Waals surface area contributed by atoms with E-state index in [1.165, 1.54) is 57.5 Å². The van der Waals surface area contributed by atoms with E-state index in [4.69, 9.17) is 4.74 Å². The number of fused-ring (bicyclic) bond motifs is 1. The number of benzene rings is 4. The molecule has 0 atom stereocenters. The Morgan fingerprint density at radius 1 is 0.730 bits per heavy atom. The van der Waals surface area contributed by atoms with E-state index in [1.807, 2.05) is 6.07 Å². The lowest BCUT2D eigenvalue weighted by Gasteiger charge is -2.33. The van der Waals surface area contributed by atoms with Gasteiger partial charge in [-0.15, -0.1) is 0 Å². The highest BCUT2D eigenvalue weighted by Crippen LogP contribution is 2.42. The van der Waals surface area contributed by atoms with E-state index in [9.17, 15) is 0 Å². The average Bonchev–Trinajstić information content (AvgIpc) is 2.97. The van der Waals surface area contributed by atoms with Gasteiger partial charge in [0.15, 0.2) is 0 Å². The van der Waals surface area contributed by atoms with Crippen molar-refractivity contribution in [1.82, 2.24) is 0 Å². The summed E-state index contributed by atoms with van der Waals surface area (Å²) >= 11 is 0. The van der Waals surface area contributed by atoms with Crippen LogP contribution in [0.1, 0.15) is 54.0 Å². The minimum absolute atomic E-state index is 0.591. The molecule has 1 fully saturated rings. The summed E-state index contributed by atoms with van der Waals surface area (Å²) in [5.41, 5.74) is 10.7. The maximum absolute atomic E-state index is 6.19. The summed E-state index contributed by atoms with van der Waals surface area (Å²) in [7, 11) is 0. The highest BCUT2D eigenvalue weighted by Gasteiger charge is 2.23. The normalized spacial score (nSPS) is 16.0. The SMILES string of the molecule is CC1CCN(c2cccc(C3=C(c4ccccc4)CCc4cc(OCc5ccccc5)ccc43)c2)CC1. The molecular weight excluding hydrogens is 450 g/mol. The summed E-state index contributed by atoms with van der Waals surface area (Å²) in [5.74, 6) is 1.77. The second-order valence-electron chi connectivity index (χ2n) is 10.5. The van der Waals surface area contributed by atoms with Gasteiger partial charge in [-0.25, -0.2) is 0 Å². The molecule has 2 heteroatoms. The summed E-state index contributed by atoms with van der Waals surface area (Å²) < 4.78 is 6.19. The molecule has 1 aliphatic carbocycles. The molecule has 37 heavy (non-hydrogen) atoms. The Morgan fingerprint density at radius 3 is 2.24 bits per heavy atom. The van der Waals surface area contributed by atoms with Gasteiger partial charge in [0.2, 0.25) is 0 Å². The van der Waals surface area contributed by atoms with Crippen molar-refractivity contribution in [2.45, 2.75) is 39.2 Å². The van der Waals surface area contributed by atoms with Crippen molar-refractivity contribution in [2.75, 3.05) is 18.0 Å². The van der Waals surface area contributed by atoms with Gasteiger partial charge < -0.3 is 9.64 Å². The van der Waals surface area contributed by atoms with Crippen LogP contribution < -0.4 is 9.64 Å². The molecule has 1 heterocycles. The number of piperidine rings is 1. The Morgan fingerprint density at radius 2 is 1.46 bits per heavy atom. The fourth-order valence-electron chi connectivity index (χ4n) is 5.78. The lowest BCUT2D eigenvalue weighted by atomic mass is 9.79. The number of ether oxygens (including phenoxy) is 1. The molecule has 0 spiro atoms. The number of anilines is 1. The Kier molecular flexibility index (Phi) is 6.82. The average molecular weight is 486 g/mol. The Hall–Kier alpha value is -3.78. The van der Waals surface area contributed by atoms with Gasteiger partial charge >= 0.3 is 0 Å². The summed E-state index contributed by atoms with van der Waals surface area (Å²) in [6, 6.07) is 37.2. The molecule has 0 unspecified atom stereocenters. The van der Waals surface area contributed by atoms with Gasteiger partial charge in [-0.2, -0.15) is 0 Å². The van der Waals surface area contributed by atoms with Crippen LogP contribution in [0.2, 0.25) is 0 Å². The van der Waals surface area contributed by atoms with Crippen molar-refractivity contribution < 1.29 is 4.74 Å². The summed E-state index contributed by atoms with van der Waals surface area (Å²) in [4.78, 5) is 2.57. The minimum atomic E-state index is 0.591. The number of allylic oxidation sites excluding steroid dienone is 1. The van der Waals surface area contributed by atoms with Gasteiger partial charge in [-0.1, -0.05) is 85.8 Å². The molecule has 1 aliphatic heterocycles. The van der Waals surface area contributed by atoms with Crippen molar-refractivity contribution in [1.29, 1.82) is 0 Å². The molecule has 4 aromatic carbocycles. The van der Waals surface area contributed by atoms with Crippen LogP contribution in [-0.4, -0.2) is 13.1 Å². The van der Waals surface area contributed by atoms with E-state index in [0.717, 1.165) is 37.6 Å². The molecule has 2 nitrogen and oxygen atoms in total. The molecule has 0 bridgehead atoms. The molecule has 1 saturated heterocycles. The van der Waals surface area contributed by atoms with Crippen LogP contribution in [0.15, 0.2) is 103 Å². The highest BCUT2D eigenvalue weighted by molar-refractivity contribution is 6.01. The summed E-state index contributed by atoms with van der Waals surface area (Å²) in [6.07, 6.45) is 4.60. The first kappa shape index (κ1) is 23.6. The largest absolute Gasteiger partial charge is 0.489 e. The van der Waals surface area contributed by atoms with E-state index < -0.39 is 0 Å². The lowest BCUT2D eigenvalue weighted by Crippen LogP contribution is -2.32. The van der Waals surface area contributed by atoms with Crippen LogP contribution in [0.25, 0.3) is 11.1 Å². The maximum Gasteiger partial charge on any atom is 0.120 e. The van der Waals surface area contributed by atoms with Crippen molar-refractivity contribution in [2.24, 2.45) is 5.92 Å². The Bertz CT molecular complexity index is 1380. The van der Waals surface area contributed by atoms with Crippen molar-refractivity contribution in [3.63, 3.8) is 0 Å². The van der Waals surface area contributed by atoms with Gasteiger partial charge in [0, 0.05) is 18.8 Å². The van der Waals surface area contributed by atoms with E-state index in [0.29, 0.717) is 6.61 Å². The van der Waals surface area contributed by atoms with Crippen LogP contribution in [0.4, 0.5) is 5.69 Å². The maximum atomic E-state index is 6.19. The molecule has 0 aromatic heterocycles. The van der Waals surface area contributed by atoms with Gasteiger partial charge in [-0.05, 0) is 94.8 Å². The van der Waals surface area contributed by atoms with Crippen molar-refractivity contribution in [3.8, 4) is 5.75 Å². The number of rotatable bonds is 6. The molecular formula is C35H35NO. The van der Waals surface area contributed by atoms with Crippen LogP contribution in [0.3, 0.4) is 0 Å². The molecule has 2 aliphatic rings. The number of nitrogens with zero attached hydrogens (tertiary/aromatic N) is 1. The highest BCUT2D eigenvalue weighted by atomic mass is 16.5. The van der Waals surface area contributed by atoms with Gasteiger partial charge in [0.1, 0.15) is 12.4 Å². The number of hydrogen-bond donors (Lipinski definition) is 0. The predicted octanol–water partition coefficient (Wildman–Crippen LogP) is 8.41. The Balaban J connectivity index is 1.37. The first-order valence-corrected chi connectivity index (χ1v) is 13.7. The quantitative estimate of drug-likeness (QED) is 0.272. The fraction of sp³-hybridized carbons (Fsp3) is 0.257. The molecule has 186 valence electrons. The van der Waals surface area contributed by atoms with E-state index in [-0.39, 0.29) is 0 Å². The molecule has 6 rings (SSSR count). The smallest absolute Gasteiger partial charge is 0.120 e. The monoisotopic (exact) mass is 485 g/mol. The second-order valence-corrected chi connectivity index (χ2v) is 10.5. The van der Waals surface area contributed by atoms with Gasteiger partial charge in [-0.3, -0.25) is 0 Å². The third-order valence-corrected chi connectivity index (χ3v) is 7.95. The van der Waals surface area contributed by atoms with Crippen molar-refractivity contribution >= 4 is 16.8 Å². The zero-order chi connectivity index (χ0) is 25.0. The minimum Gasteiger partial charge on any atom is -0.489 e. The molecule has 0 N–H and O–H groups in total. The predicted molar refractivity (Wildman–Crippen MR) is 155 cm³/mol. The zero-order valence-corrected chi connectivity index (χ0v) is 21.7. The first-order chi connectivity index (χ1) is 18.2. The van der Waals surface area contributed by atoms with Crippen molar-refractivity contribution in [3.05, 3.63) is 131 Å². The van der Waals surface area contributed by atoms with Crippen LogP contribution >= 0.6 is 0 Å². The van der Waals surface area contributed by atoms with Gasteiger partial charge in [0.05, 0.1) is 0 Å². The zero-order valence-electron chi connectivity index (χ0n) is 21.7. The summed E-state index contributed by atoms with van der Waals surface area (Å²) in [6.45, 7) is 5.26. The second kappa shape index (κ2) is 10.7.